The van der Waals surface area contributed by atoms with Crippen molar-refractivity contribution in [2.45, 2.75) is 76.5 Å². The van der Waals surface area contributed by atoms with Crippen LogP contribution in [0, 0.1) is 5.92 Å². The summed E-state index contributed by atoms with van der Waals surface area (Å²) in [6.07, 6.45) is 5.82. The first-order valence-corrected chi connectivity index (χ1v) is 13.6. The molecule has 0 spiro atoms. The minimum Gasteiger partial charge on any atom is -0.356 e. The molecule has 2 aromatic carbocycles. The van der Waals surface area contributed by atoms with Gasteiger partial charge in [0.15, 0.2) is 0 Å². The Hall–Kier alpha value is -3.61. The normalized spacial score (nSPS) is 21.9. The van der Waals surface area contributed by atoms with E-state index in [4.69, 9.17) is 0 Å². The third-order valence-corrected chi connectivity index (χ3v) is 8.35. The van der Waals surface area contributed by atoms with Gasteiger partial charge in [0.2, 0.25) is 11.8 Å². The van der Waals surface area contributed by atoms with Gasteiger partial charge in [0, 0.05) is 34.6 Å². The van der Waals surface area contributed by atoms with E-state index in [9.17, 15) is 14.4 Å². The maximum absolute atomic E-state index is 13.9. The van der Waals surface area contributed by atoms with Gasteiger partial charge >= 0.3 is 0 Å². The third-order valence-electron chi connectivity index (χ3n) is 8.35. The number of aromatic nitrogens is 1. The molecule has 3 atom stereocenters. The highest BCUT2D eigenvalue weighted by molar-refractivity contribution is 6.04. The molecule has 1 saturated carbocycles. The van der Waals surface area contributed by atoms with Crippen molar-refractivity contribution < 1.29 is 14.4 Å². The highest BCUT2D eigenvalue weighted by atomic mass is 16.2. The summed E-state index contributed by atoms with van der Waals surface area (Å²) in [6.45, 7) is 3.90. The summed E-state index contributed by atoms with van der Waals surface area (Å²) in [4.78, 5) is 46.1. The molecule has 7 heteroatoms. The number of fused-ring (bicyclic) bond motifs is 7. The highest BCUT2D eigenvalue weighted by Gasteiger charge is 2.49. The van der Waals surface area contributed by atoms with Crippen LogP contribution in [0.3, 0.4) is 0 Å². The topological polar surface area (TPSA) is 94.3 Å². The fourth-order valence-electron chi connectivity index (χ4n) is 6.46. The van der Waals surface area contributed by atoms with E-state index in [0.29, 0.717) is 12.0 Å². The van der Waals surface area contributed by atoms with Crippen molar-refractivity contribution in [3.63, 3.8) is 0 Å². The Kier molecular flexibility index (Phi) is 6.01. The minimum atomic E-state index is -0.708. The van der Waals surface area contributed by atoms with Gasteiger partial charge in [0.1, 0.15) is 12.1 Å². The van der Waals surface area contributed by atoms with E-state index in [1.54, 1.807) is 4.90 Å². The number of hydrogen-bond acceptors (Lipinski definition) is 3. The fraction of sp³-hybridized carbons (Fsp3) is 0.433. The van der Waals surface area contributed by atoms with Crippen LogP contribution in [-0.2, 0) is 16.0 Å². The fourth-order valence-corrected chi connectivity index (χ4v) is 6.46. The molecule has 37 heavy (non-hydrogen) atoms. The number of rotatable bonds is 5. The van der Waals surface area contributed by atoms with E-state index in [-0.39, 0.29) is 35.7 Å². The van der Waals surface area contributed by atoms with Gasteiger partial charge in [0.25, 0.3) is 5.91 Å². The zero-order valence-corrected chi connectivity index (χ0v) is 21.4. The van der Waals surface area contributed by atoms with Gasteiger partial charge in [-0.05, 0) is 42.0 Å². The summed E-state index contributed by atoms with van der Waals surface area (Å²) in [6, 6.07) is 14.1. The van der Waals surface area contributed by atoms with Gasteiger partial charge in [-0.1, -0.05) is 69.5 Å². The largest absolute Gasteiger partial charge is 0.356 e. The third kappa shape index (κ3) is 4.01. The monoisotopic (exact) mass is 498 g/mol. The molecule has 1 fully saturated rings. The van der Waals surface area contributed by atoms with Crippen molar-refractivity contribution in [3.05, 3.63) is 70.9 Å². The average Bonchev–Trinajstić information content (AvgIpc) is 3.42. The molecule has 0 radical (unpaired) electrons. The number of hydrogen-bond donors (Lipinski definition) is 3. The highest BCUT2D eigenvalue weighted by Crippen LogP contribution is 2.46. The summed E-state index contributed by atoms with van der Waals surface area (Å²) >= 11 is 0. The SMILES string of the molecule is CC(C)[C@H](NC(=O)[C@@H]1Cc2c([nH]c3ccccc23)[C@H]2c3ccccc3C(=O)N21)C(=O)NC1CCCCC1. The first-order valence-electron chi connectivity index (χ1n) is 13.6. The van der Waals surface area contributed by atoms with Gasteiger partial charge in [0.05, 0.1) is 6.04 Å². The van der Waals surface area contributed by atoms with Crippen LogP contribution in [0.25, 0.3) is 10.9 Å². The summed E-state index contributed by atoms with van der Waals surface area (Å²) < 4.78 is 0. The Balaban J connectivity index is 1.33. The molecule has 0 unspecified atom stereocenters. The molecule has 3 amide bonds. The molecule has 1 aromatic heterocycles. The standard InChI is InChI=1S/C30H34N4O3/c1-17(2)25(29(36)31-18-10-4-3-5-11-18)33-28(35)24-16-22-19-12-8-9-15-23(19)32-26(22)27-20-13-6-7-14-21(20)30(37)34(24)27/h6-9,12-15,17-18,24-25,27,32H,3-5,10-11,16H2,1-2H3,(H,31,36)(H,33,35)/t24-,25-,27+/m0/s1. The van der Waals surface area contributed by atoms with Gasteiger partial charge in [-0.3, -0.25) is 14.4 Å². The number of benzene rings is 2. The summed E-state index contributed by atoms with van der Waals surface area (Å²) in [7, 11) is 0. The van der Waals surface area contributed by atoms with E-state index < -0.39 is 12.1 Å². The van der Waals surface area contributed by atoms with Crippen LogP contribution < -0.4 is 10.6 Å². The van der Waals surface area contributed by atoms with Crippen LogP contribution in [0.1, 0.15) is 79.2 Å². The first kappa shape index (κ1) is 23.8. The molecule has 192 valence electrons. The number of nitrogens with zero attached hydrogens (tertiary/aromatic N) is 1. The lowest BCUT2D eigenvalue weighted by Gasteiger charge is -2.38. The lowest BCUT2D eigenvalue weighted by molar-refractivity contribution is -0.133. The first-order chi connectivity index (χ1) is 17.9. The van der Waals surface area contributed by atoms with E-state index in [0.717, 1.165) is 53.4 Å². The van der Waals surface area contributed by atoms with Gasteiger partial charge in [-0.25, -0.2) is 0 Å². The number of para-hydroxylation sites is 1. The second-order valence-corrected chi connectivity index (χ2v) is 11.1. The van der Waals surface area contributed by atoms with Crippen molar-refractivity contribution in [2.24, 2.45) is 5.92 Å². The predicted molar refractivity (Wildman–Crippen MR) is 142 cm³/mol. The molecular weight excluding hydrogens is 464 g/mol. The van der Waals surface area contributed by atoms with E-state index in [1.165, 1.54) is 6.42 Å². The molecule has 0 bridgehead atoms. The molecule has 3 aromatic rings. The second-order valence-electron chi connectivity index (χ2n) is 11.1. The number of amides is 3. The minimum absolute atomic E-state index is 0.0814. The van der Waals surface area contributed by atoms with Gasteiger partial charge < -0.3 is 20.5 Å². The van der Waals surface area contributed by atoms with E-state index >= 15 is 0 Å². The maximum Gasteiger partial charge on any atom is 0.255 e. The molecule has 6 rings (SSSR count). The predicted octanol–water partition coefficient (Wildman–Crippen LogP) is 4.23. The van der Waals surface area contributed by atoms with Crippen molar-refractivity contribution in [3.8, 4) is 0 Å². The zero-order valence-electron chi connectivity index (χ0n) is 21.4. The molecule has 1 aliphatic carbocycles. The Labute approximate surface area is 217 Å². The average molecular weight is 499 g/mol. The molecular formula is C30H34N4O3. The van der Waals surface area contributed by atoms with E-state index in [1.807, 2.05) is 56.3 Å². The van der Waals surface area contributed by atoms with Crippen LogP contribution in [0.15, 0.2) is 48.5 Å². The van der Waals surface area contributed by atoms with Crippen molar-refractivity contribution in [1.82, 2.24) is 20.5 Å². The molecule has 2 aliphatic heterocycles. The summed E-state index contributed by atoms with van der Waals surface area (Å²) in [5.41, 5.74) is 4.58. The zero-order chi connectivity index (χ0) is 25.7. The van der Waals surface area contributed by atoms with Crippen LogP contribution in [-0.4, -0.2) is 45.7 Å². The Bertz CT molecular complexity index is 1370. The van der Waals surface area contributed by atoms with Crippen molar-refractivity contribution >= 4 is 28.6 Å². The Morgan fingerprint density at radius 2 is 1.73 bits per heavy atom. The van der Waals surface area contributed by atoms with Gasteiger partial charge in [-0.2, -0.15) is 0 Å². The van der Waals surface area contributed by atoms with Crippen LogP contribution in [0.5, 0.6) is 0 Å². The quantitative estimate of drug-likeness (QED) is 0.491. The number of nitrogens with one attached hydrogen (secondary N) is 3. The maximum atomic E-state index is 13.9. The number of carbonyl (C=O) groups is 3. The van der Waals surface area contributed by atoms with Crippen molar-refractivity contribution in [1.29, 1.82) is 0 Å². The molecule has 3 N–H and O–H groups in total. The molecule has 3 aliphatic rings. The lowest BCUT2D eigenvalue weighted by atomic mass is 9.89. The number of aromatic amines is 1. The lowest BCUT2D eigenvalue weighted by Crippen LogP contribution is -2.58. The number of carbonyl (C=O) groups excluding carboxylic acids is 3. The molecule has 0 saturated heterocycles. The second kappa shape index (κ2) is 9.36. The summed E-state index contributed by atoms with van der Waals surface area (Å²) in [5, 5.41) is 7.30. The van der Waals surface area contributed by atoms with E-state index in [2.05, 4.69) is 21.7 Å². The van der Waals surface area contributed by atoms with Crippen LogP contribution in [0.4, 0.5) is 0 Å². The molecule has 3 heterocycles. The Morgan fingerprint density at radius 3 is 2.51 bits per heavy atom. The molecule has 7 nitrogen and oxygen atoms in total. The smallest absolute Gasteiger partial charge is 0.255 e. The van der Waals surface area contributed by atoms with Crippen LogP contribution in [0.2, 0.25) is 0 Å². The van der Waals surface area contributed by atoms with Crippen LogP contribution >= 0.6 is 0 Å². The summed E-state index contributed by atoms with van der Waals surface area (Å²) in [5.74, 6) is -0.633. The Morgan fingerprint density at radius 1 is 1.00 bits per heavy atom. The van der Waals surface area contributed by atoms with Crippen molar-refractivity contribution in [2.75, 3.05) is 0 Å². The van der Waals surface area contributed by atoms with Gasteiger partial charge in [-0.15, -0.1) is 0 Å². The number of H-pyrrole nitrogens is 1.